The van der Waals surface area contributed by atoms with Crippen molar-refractivity contribution in [3.05, 3.63) is 60.4 Å². The third kappa shape index (κ3) is 3.85. The minimum atomic E-state index is 0.576. The lowest BCUT2D eigenvalue weighted by Gasteiger charge is -2.20. The van der Waals surface area contributed by atoms with Gasteiger partial charge in [0.1, 0.15) is 0 Å². The van der Waals surface area contributed by atoms with Gasteiger partial charge in [0.2, 0.25) is 0 Å². The molecule has 4 rings (SSSR count). The van der Waals surface area contributed by atoms with E-state index in [9.17, 15) is 0 Å². The van der Waals surface area contributed by atoms with E-state index >= 15 is 0 Å². The molecule has 6 nitrogen and oxygen atoms in total. The normalized spacial score (nSPS) is 15.9. The van der Waals surface area contributed by atoms with Gasteiger partial charge in [-0.15, -0.1) is 0 Å². The van der Waals surface area contributed by atoms with Gasteiger partial charge in [0, 0.05) is 50.7 Å². The Kier molecular flexibility index (Phi) is 4.70. The number of hydrogen-bond acceptors (Lipinski definition) is 6. The standard InChI is InChI=1S/C19H21N5O/c1-2-7-17(8-3-1)18-21-19(22-25-18)24-11-5-10-23(12-13-24)15-16-6-4-9-20-14-16/h1-4,6-9,14H,5,10-13,15H2. The predicted molar refractivity (Wildman–Crippen MR) is 96.1 cm³/mol. The van der Waals surface area contributed by atoms with Gasteiger partial charge in [-0.25, -0.2) is 0 Å². The highest BCUT2D eigenvalue weighted by atomic mass is 16.5. The van der Waals surface area contributed by atoms with Crippen molar-refractivity contribution < 1.29 is 4.52 Å². The zero-order valence-electron chi connectivity index (χ0n) is 14.1. The van der Waals surface area contributed by atoms with Crippen LogP contribution in [0.15, 0.2) is 59.4 Å². The van der Waals surface area contributed by atoms with Crippen molar-refractivity contribution in [3.63, 3.8) is 0 Å². The summed E-state index contributed by atoms with van der Waals surface area (Å²) in [5, 5.41) is 4.18. The molecule has 1 aromatic carbocycles. The maximum Gasteiger partial charge on any atom is 0.266 e. The summed E-state index contributed by atoms with van der Waals surface area (Å²) in [4.78, 5) is 13.4. The summed E-state index contributed by atoms with van der Waals surface area (Å²) < 4.78 is 5.44. The van der Waals surface area contributed by atoms with Crippen LogP contribution in [0.2, 0.25) is 0 Å². The van der Waals surface area contributed by atoms with Crippen LogP contribution in [0.4, 0.5) is 5.95 Å². The van der Waals surface area contributed by atoms with Crippen molar-refractivity contribution >= 4 is 5.95 Å². The molecule has 3 aromatic rings. The first-order valence-corrected chi connectivity index (χ1v) is 8.64. The van der Waals surface area contributed by atoms with Gasteiger partial charge in [-0.3, -0.25) is 9.88 Å². The van der Waals surface area contributed by atoms with Crippen LogP contribution < -0.4 is 4.90 Å². The Balaban J connectivity index is 1.40. The highest BCUT2D eigenvalue weighted by Crippen LogP contribution is 2.21. The van der Waals surface area contributed by atoms with Gasteiger partial charge in [0.15, 0.2) is 0 Å². The highest BCUT2D eigenvalue weighted by molar-refractivity contribution is 5.54. The molecule has 2 aromatic heterocycles. The lowest BCUT2D eigenvalue weighted by Crippen LogP contribution is -2.31. The monoisotopic (exact) mass is 335 g/mol. The van der Waals surface area contributed by atoms with Gasteiger partial charge in [-0.1, -0.05) is 24.3 Å². The van der Waals surface area contributed by atoms with Crippen LogP contribution in [0.5, 0.6) is 0 Å². The molecule has 0 amide bonds. The molecule has 0 aliphatic carbocycles. The summed E-state index contributed by atoms with van der Waals surface area (Å²) in [6.07, 6.45) is 4.83. The second-order valence-corrected chi connectivity index (χ2v) is 6.24. The second-order valence-electron chi connectivity index (χ2n) is 6.24. The minimum Gasteiger partial charge on any atom is -0.337 e. The second kappa shape index (κ2) is 7.44. The molecule has 0 atom stereocenters. The number of hydrogen-bond donors (Lipinski definition) is 0. The first-order valence-electron chi connectivity index (χ1n) is 8.64. The largest absolute Gasteiger partial charge is 0.337 e. The van der Waals surface area contributed by atoms with Crippen LogP contribution in [0.1, 0.15) is 12.0 Å². The smallest absolute Gasteiger partial charge is 0.266 e. The molecule has 0 saturated carbocycles. The zero-order chi connectivity index (χ0) is 16.9. The summed E-state index contributed by atoms with van der Waals surface area (Å²) in [5.74, 6) is 1.26. The quantitative estimate of drug-likeness (QED) is 0.731. The fourth-order valence-electron chi connectivity index (χ4n) is 3.12. The molecule has 1 aliphatic heterocycles. The minimum absolute atomic E-state index is 0.576. The van der Waals surface area contributed by atoms with E-state index in [1.165, 1.54) is 5.56 Å². The lowest BCUT2D eigenvalue weighted by molar-refractivity contribution is 0.285. The van der Waals surface area contributed by atoms with Crippen molar-refractivity contribution in [2.75, 3.05) is 31.1 Å². The number of anilines is 1. The molecule has 25 heavy (non-hydrogen) atoms. The van der Waals surface area contributed by atoms with Crippen molar-refractivity contribution in [2.45, 2.75) is 13.0 Å². The van der Waals surface area contributed by atoms with Gasteiger partial charge < -0.3 is 9.42 Å². The van der Waals surface area contributed by atoms with Crippen LogP contribution in [0.3, 0.4) is 0 Å². The zero-order valence-corrected chi connectivity index (χ0v) is 14.1. The molecule has 1 fully saturated rings. The predicted octanol–water partition coefficient (Wildman–Crippen LogP) is 2.84. The molecule has 0 spiro atoms. The Morgan fingerprint density at radius 1 is 0.960 bits per heavy atom. The fourth-order valence-corrected chi connectivity index (χ4v) is 3.12. The molecule has 0 N–H and O–H groups in total. The van der Waals surface area contributed by atoms with Crippen LogP contribution >= 0.6 is 0 Å². The van der Waals surface area contributed by atoms with E-state index in [0.29, 0.717) is 11.8 Å². The SMILES string of the molecule is c1ccc(-c2nc(N3CCCN(Cc4cccnc4)CC3)no2)cc1. The molecule has 0 unspecified atom stereocenters. The average Bonchev–Trinajstić information content (AvgIpc) is 3.05. The van der Waals surface area contributed by atoms with Crippen LogP contribution in [-0.4, -0.2) is 46.2 Å². The number of nitrogens with zero attached hydrogens (tertiary/aromatic N) is 5. The first kappa shape index (κ1) is 15.8. The van der Waals surface area contributed by atoms with E-state index in [1.807, 2.05) is 48.8 Å². The molecular formula is C19H21N5O. The summed E-state index contributed by atoms with van der Waals surface area (Å²) in [5.41, 5.74) is 2.20. The third-order valence-electron chi connectivity index (χ3n) is 4.44. The Bertz CT molecular complexity index is 790. The molecule has 128 valence electrons. The number of pyridine rings is 1. The van der Waals surface area contributed by atoms with Gasteiger partial charge in [0.05, 0.1) is 0 Å². The van der Waals surface area contributed by atoms with E-state index in [1.54, 1.807) is 0 Å². The van der Waals surface area contributed by atoms with Crippen LogP contribution in [0, 0.1) is 0 Å². The topological polar surface area (TPSA) is 58.3 Å². The van der Waals surface area contributed by atoms with E-state index in [0.717, 1.165) is 44.7 Å². The summed E-state index contributed by atoms with van der Waals surface area (Å²) in [6.45, 7) is 4.81. The Labute approximate surface area is 147 Å². The average molecular weight is 335 g/mol. The van der Waals surface area contributed by atoms with E-state index in [2.05, 4.69) is 31.0 Å². The van der Waals surface area contributed by atoms with Crippen LogP contribution in [-0.2, 0) is 6.54 Å². The maximum absolute atomic E-state index is 5.44. The molecular weight excluding hydrogens is 314 g/mol. The highest BCUT2D eigenvalue weighted by Gasteiger charge is 2.19. The van der Waals surface area contributed by atoms with E-state index < -0.39 is 0 Å². The maximum atomic E-state index is 5.44. The van der Waals surface area contributed by atoms with Gasteiger partial charge in [-0.05, 0) is 35.3 Å². The molecule has 0 bridgehead atoms. The molecule has 6 heteroatoms. The fraction of sp³-hybridized carbons (Fsp3) is 0.316. The Morgan fingerprint density at radius 3 is 2.72 bits per heavy atom. The van der Waals surface area contributed by atoms with Crippen LogP contribution in [0.25, 0.3) is 11.5 Å². The van der Waals surface area contributed by atoms with Crippen molar-refractivity contribution in [3.8, 4) is 11.5 Å². The molecule has 1 saturated heterocycles. The summed E-state index contributed by atoms with van der Waals surface area (Å²) >= 11 is 0. The van der Waals surface area contributed by atoms with Gasteiger partial charge in [-0.2, -0.15) is 4.98 Å². The molecule has 0 radical (unpaired) electrons. The summed E-state index contributed by atoms with van der Waals surface area (Å²) in [7, 11) is 0. The first-order chi connectivity index (χ1) is 12.4. The van der Waals surface area contributed by atoms with E-state index in [-0.39, 0.29) is 0 Å². The van der Waals surface area contributed by atoms with E-state index in [4.69, 9.17) is 4.52 Å². The van der Waals surface area contributed by atoms with Gasteiger partial charge >= 0.3 is 0 Å². The van der Waals surface area contributed by atoms with Crippen molar-refractivity contribution in [2.24, 2.45) is 0 Å². The third-order valence-corrected chi connectivity index (χ3v) is 4.44. The Hall–Kier alpha value is -2.73. The number of aromatic nitrogens is 3. The van der Waals surface area contributed by atoms with Crippen molar-refractivity contribution in [1.29, 1.82) is 0 Å². The number of rotatable bonds is 4. The molecule has 1 aliphatic rings. The van der Waals surface area contributed by atoms with Crippen molar-refractivity contribution in [1.82, 2.24) is 20.0 Å². The van der Waals surface area contributed by atoms with Gasteiger partial charge in [0.25, 0.3) is 11.8 Å². The lowest BCUT2D eigenvalue weighted by atomic mass is 10.2. The summed E-state index contributed by atoms with van der Waals surface area (Å²) in [6, 6.07) is 14.0. The number of benzene rings is 1. The molecule has 3 heterocycles. The Morgan fingerprint density at radius 2 is 1.88 bits per heavy atom.